The van der Waals surface area contributed by atoms with E-state index in [0.29, 0.717) is 28.2 Å². The highest BCUT2D eigenvalue weighted by atomic mass is 16.6. The number of nitrogens with one attached hydrogen (secondary N) is 1. The zero-order valence-electron chi connectivity index (χ0n) is 21.8. The number of rotatable bonds is 6. The van der Waals surface area contributed by atoms with Crippen molar-refractivity contribution in [1.82, 2.24) is 4.98 Å². The molecule has 0 bridgehead atoms. The normalized spacial score (nSPS) is 12.2. The lowest BCUT2D eigenvalue weighted by molar-refractivity contribution is -0.164. The first-order valence-electron chi connectivity index (χ1n) is 11.6. The van der Waals surface area contributed by atoms with Crippen molar-refractivity contribution >= 4 is 17.7 Å². The molecule has 6 nitrogen and oxygen atoms in total. The van der Waals surface area contributed by atoms with E-state index < -0.39 is 17.7 Å². The number of hydrogen-bond acceptors (Lipinski definition) is 5. The molecular formula is C29H34N2O4. The maximum absolute atomic E-state index is 13.1. The second kappa shape index (κ2) is 10.4. The average Bonchev–Trinajstić information content (AvgIpc) is 2.81. The summed E-state index contributed by atoms with van der Waals surface area (Å²) >= 11 is 0. The summed E-state index contributed by atoms with van der Waals surface area (Å²) in [6, 6.07) is 15.1. The fourth-order valence-electron chi connectivity index (χ4n) is 3.98. The van der Waals surface area contributed by atoms with Gasteiger partial charge in [-0.15, -0.1) is 0 Å². The first kappa shape index (κ1) is 26.1. The lowest BCUT2D eigenvalue weighted by Gasteiger charge is -2.30. The highest BCUT2D eigenvalue weighted by molar-refractivity contribution is 6.04. The largest absolute Gasteiger partial charge is 0.467 e. The lowest BCUT2D eigenvalue weighted by Crippen LogP contribution is -2.30. The van der Waals surface area contributed by atoms with Crippen LogP contribution in [0.4, 0.5) is 5.82 Å². The topological polar surface area (TPSA) is 77.5 Å². The van der Waals surface area contributed by atoms with Gasteiger partial charge >= 0.3 is 5.97 Å². The molecule has 0 aliphatic rings. The molecule has 1 amide bonds. The van der Waals surface area contributed by atoms with E-state index in [1.165, 1.54) is 12.7 Å². The van der Waals surface area contributed by atoms with Crippen LogP contribution >= 0.6 is 0 Å². The van der Waals surface area contributed by atoms with Crippen molar-refractivity contribution in [1.29, 1.82) is 0 Å². The Balaban J connectivity index is 2.27. The summed E-state index contributed by atoms with van der Waals surface area (Å²) in [5.74, 6) is -0.416. The summed E-state index contributed by atoms with van der Waals surface area (Å²) in [6.45, 7) is 13.5. The smallest absolute Gasteiger partial charge is 0.339 e. The second-order valence-corrected chi connectivity index (χ2v) is 9.71. The molecule has 0 aliphatic carbocycles. The maximum Gasteiger partial charge on any atom is 0.339 e. The first-order valence-corrected chi connectivity index (χ1v) is 11.6. The number of anilines is 1. The standard InChI is InChI=1S/C29H34N2O4/c1-17-14-15-22(16-18(17)2)24-20(4)30-26(31-27(32)21-12-10-9-11-13-21)19(3)23(24)25(28(33)34-8)35-29(5,6)7/h9-16,25H,1-8H3,(H,30,31,32). The van der Waals surface area contributed by atoms with Gasteiger partial charge < -0.3 is 14.8 Å². The predicted octanol–water partition coefficient (Wildman–Crippen LogP) is 6.26. The number of ether oxygens (including phenoxy) is 2. The third-order valence-electron chi connectivity index (χ3n) is 5.88. The van der Waals surface area contributed by atoms with Crippen LogP contribution in [0.1, 0.15) is 65.2 Å². The van der Waals surface area contributed by atoms with Gasteiger partial charge in [0.1, 0.15) is 5.82 Å². The molecule has 0 saturated heterocycles. The Kier molecular flexibility index (Phi) is 7.76. The Morgan fingerprint density at radius 2 is 1.60 bits per heavy atom. The number of hydrogen-bond donors (Lipinski definition) is 1. The molecule has 184 valence electrons. The molecule has 0 saturated carbocycles. The number of carbonyl (C=O) groups excluding carboxylic acids is 2. The van der Waals surface area contributed by atoms with E-state index >= 15 is 0 Å². The van der Waals surface area contributed by atoms with Gasteiger partial charge in [0.25, 0.3) is 5.91 Å². The molecule has 1 aromatic heterocycles. The number of esters is 1. The highest BCUT2D eigenvalue weighted by Gasteiger charge is 2.34. The van der Waals surface area contributed by atoms with Crippen LogP contribution in [0.5, 0.6) is 0 Å². The minimum Gasteiger partial charge on any atom is -0.467 e. The number of pyridine rings is 1. The van der Waals surface area contributed by atoms with Crippen LogP contribution in [-0.4, -0.2) is 29.6 Å². The van der Waals surface area contributed by atoms with Gasteiger partial charge in [0.05, 0.1) is 12.7 Å². The van der Waals surface area contributed by atoms with Crippen LogP contribution < -0.4 is 5.32 Å². The molecule has 1 N–H and O–H groups in total. The number of amides is 1. The number of aromatic nitrogens is 1. The summed E-state index contributed by atoms with van der Waals surface area (Å²) in [7, 11) is 1.35. The van der Waals surface area contributed by atoms with E-state index in [-0.39, 0.29) is 5.91 Å². The Bertz CT molecular complexity index is 1240. The van der Waals surface area contributed by atoms with E-state index in [4.69, 9.17) is 14.5 Å². The number of aryl methyl sites for hydroxylation is 3. The Labute approximate surface area is 207 Å². The molecule has 3 aromatic rings. The number of nitrogens with zero attached hydrogens (tertiary/aromatic N) is 1. The molecule has 35 heavy (non-hydrogen) atoms. The third kappa shape index (κ3) is 5.95. The molecule has 1 heterocycles. The zero-order chi connectivity index (χ0) is 25.9. The van der Waals surface area contributed by atoms with E-state index in [1.54, 1.807) is 24.3 Å². The van der Waals surface area contributed by atoms with Crippen LogP contribution in [0.2, 0.25) is 0 Å². The summed E-state index contributed by atoms with van der Waals surface area (Å²) in [5.41, 5.74) is 5.84. The summed E-state index contributed by atoms with van der Waals surface area (Å²) in [6.07, 6.45) is -1.01. The molecule has 1 unspecified atom stereocenters. The molecule has 0 spiro atoms. The summed E-state index contributed by atoms with van der Waals surface area (Å²) in [4.78, 5) is 30.8. The van der Waals surface area contributed by atoms with E-state index in [0.717, 1.165) is 16.7 Å². The van der Waals surface area contributed by atoms with Gasteiger partial charge in [0, 0.05) is 22.4 Å². The van der Waals surface area contributed by atoms with Crippen LogP contribution in [0, 0.1) is 27.7 Å². The van der Waals surface area contributed by atoms with E-state index in [9.17, 15) is 9.59 Å². The highest BCUT2D eigenvalue weighted by Crippen LogP contribution is 2.40. The number of carbonyl (C=O) groups is 2. The van der Waals surface area contributed by atoms with Crippen LogP contribution in [-0.2, 0) is 14.3 Å². The molecule has 0 aliphatic heterocycles. The second-order valence-electron chi connectivity index (χ2n) is 9.71. The van der Waals surface area contributed by atoms with E-state index in [1.807, 2.05) is 59.7 Å². The van der Waals surface area contributed by atoms with Crippen LogP contribution in [0.15, 0.2) is 48.5 Å². The summed E-state index contributed by atoms with van der Waals surface area (Å²) < 4.78 is 11.4. The number of benzene rings is 2. The molecular weight excluding hydrogens is 440 g/mol. The molecule has 6 heteroatoms. The van der Waals surface area contributed by atoms with Gasteiger partial charge in [-0.1, -0.05) is 36.4 Å². The predicted molar refractivity (Wildman–Crippen MR) is 139 cm³/mol. The van der Waals surface area contributed by atoms with Crippen molar-refractivity contribution in [3.8, 4) is 11.1 Å². The minimum absolute atomic E-state index is 0.281. The van der Waals surface area contributed by atoms with Crippen molar-refractivity contribution in [2.75, 3.05) is 12.4 Å². The van der Waals surface area contributed by atoms with Gasteiger partial charge in [-0.3, -0.25) is 4.79 Å². The fourth-order valence-corrected chi connectivity index (χ4v) is 3.98. The Morgan fingerprint density at radius 3 is 2.17 bits per heavy atom. The average molecular weight is 475 g/mol. The zero-order valence-corrected chi connectivity index (χ0v) is 21.8. The quantitative estimate of drug-likeness (QED) is 0.427. The van der Waals surface area contributed by atoms with Gasteiger partial charge in [0.15, 0.2) is 6.10 Å². The van der Waals surface area contributed by atoms with E-state index in [2.05, 4.69) is 18.3 Å². The van der Waals surface area contributed by atoms with Crippen LogP contribution in [0.25, 0.3) is 11.1 Å². The minimum atomic E-state index is -1.01. The number of methoxy groups -OCH3 is 1. The first-order chi connectivity index (χ1) is 16.4. The van der Waals surface area contributed by atoms with Crippen molar-refractivity contribution in [3.05, 3.63) is 82.0 Å². The molecule has 0 radical (unpaired) electrons. The van der Waals surface area contributed by atoms with Crippen LogP contribution in [0.3, 0.4) is 0 Å². The lowest BCUT2D eigenvalue weighted by atomic mass is 9.89. The van der Waals surface area contributed by atoms with Crippen molar-refractivity contribution in [2.24, 2.45) is 0 Å². The fraction of sp³-hybridized carbons (Fsp3) is 0.345. The van der Waals surface area contributed by atoms with Crippen molar-refractivity contribution in [2.45, 2.75) is 60.2 Å². The molecule has 1 atom stereocenters. The van der Waals surface area contributed by atoms with Gasteiger partial charge in [-0.05, 0) is 82.9 Å². The SMILES string of the molecule is COC(=O)C(OC(C)(C)C)c1c(C)c(NC(=O)c2ccccc2)nc(C)c1-c1ccc(C)c(C)c1. The Morgan fingerprint density at radius 1 is 0.943 bits per heavy atom. The molecule has 0 fully saturated rings. The van der Waals surface area contributed by atoms with Gasteiger partial charge in [0.2, 0.25) is 0 Å². The van der Waals surface area contributed by atoms with Gasteiger partial charge in [-0.25, -0.2) is 9.78 Å². The maximum atomic E-state index is 13.1. The third-order valence-corrected chi connectivity index (χ3v) is 5.88. The monoisotopic (exact) mass is 474 g/mol. The molecule has 2 aromatic carbocycles. The summed E-state index contributed by atoms with van der Waals surface area (Å²) in [5, 5.41) is 2.92. The Hall–Kier alpha value is -3.51. The van der Waals surface area contributed by atoms with Crippen molar-refractivity contribution < 1.29 is 19.1 Å². The van der Waals surface area contributed by atoms with Crippen molar-refractivity contribution in [3.63, 3.8) is 0 Å². The molecule has 3 rings (SSSR count). The van der Waals surface area contributed by atoms with Gasteiger partial charge in [-0.2, -0.15) is 0 Å².